The molecule has 0 radical (unpaired) electrons. The number of nitrogens with one attached hydrogen (secondary N) is 2. The fourth-order valence-electron chi connectivity index (χ4n) is 1.38. The molecule has 21 heavy (non-hydrogen) atoms. The summed E-state index contributed by atoms with van der Waals surface area (Å²) in [5, 5.41) is 3.04. The largest absolute Gasteiger partial charge is 0.367 e. The molecule has 0 bridgehead atoms. The summed E-state index contributed by atoms with van der Waals surface area (Å²) in [5.41, 5.74) is -0.0588. The van der Waals surface area contributed by atoms with Crippen LogP contribution in [0.2, 0.25) is 0 Å². The topological polar surface area (TPSA) is 67.0 Å². The highest BCUT2D eigenvalue weighted by Crippen LogP contribution is 2.23. The third kappa shape index (κ3) is 6.21. The lowest BCUT2D eigenvalue weighted by atomic mass is 10.3. The van der Waals surface area contributed by atoms with Crippen molar-refractivity contribution in [2.75, 3.05) is 6.61 Å². The normalized spacial score (nSPS) is 12.4. The lowest BCUT2D eigenvalue weighted by Gasteiger charge is -2.15. The van der Waals surface area contributed by atoms with E-state index in [-0.39, 0.29) is 11.9 Å². The van der Waals surface area contributed by atoms with Gasteiger partial charge in [0.05, 0.1) is 5.69 Å². The van der Waals surface area contributed by atoms with Crippen LogP contribution in [-0.2, 0) is 17.9 Å². The summed E-state index contributed by atoms with van der Waals surface area (Å²) in [6.45, 7) is 2.21. The Hall–Kier alpha value is -1.48. The molecule has 0 aromatic carbocycles. The van der Waals surface area contributed by atoms with Crippen molar-refractivity contribution in [1.29, 1.82) is 0 Å². The zero-order chi connectivity index (χ0) is 16.0. The molecule has 2 N–H and O–H groups in total. The van der Waals surface area contributed by atoms with E-state index in [2.05, 4.69) is 20.0 Å². The van der Waals surface area contributed by atoms with Crippen LogP contribution in [0.5, 0.6) is 0 Å². The Morgan fingerprint density at radius 1 is 1.43 bits per heavy atom. The van der Waals surface area contributed by atoms with E-state index < -0.39 is 31.1 Å². The zero-order valence-electron chi connectivity index (χ0n) is 11.6. The molecule has 0 saturated carbocycles. The first-order valence-electron chi connectivity index (χ1n) is 6.27. The molecule has 9 heteroatoms. The molecule has 5 nitrogen and oxygen atoms in total. The van der Waals surface area contributed by atoms with Crippen LogP contribution in [0.25, 0.3) is 0 Å². The summed E-state index contributed by atoms with van der Waals surface area (Å²) in [7, 11) is 0. The van der Waals surface area contributed by atoms with Gasteiger partial charge in [0.15, 0.2) is 0 Å². The molecule has 1 aromatic heterocycles. The molecule has 1 heterocycles. The van der Waals surface area contributed by atoms with Crippen LogP contribution in [0.4, 0.5) is 17.6 Å². The number of rotatable bonds is 8. The molecule has 0 fully saturated rings. The van der Waals surface area contributed by atoms with E-state index in [0.29, 0.717) is 12.2 Å². The molecule has 0 aliphatic carbocycles. The molecule has 1 aromatic rings. The van der Waals surface area contributed by atoms with E-state index in [1.165, 1.54) is 6.07 Å². The number of hydrogen-bond donors (Lipinski definition) is 2. The predicted octanol–water partition coefficient (Wildman–Crippen LogP) is 1.68. The van der Waals surface area contributed by atoms with E-state index in [1.54, 1.807) is 0 Å². The van der Waals surface area contributed by atoms with Gasteiger partial charge >= 0.3 is 12.3 Å². The summed E-state index contributed by atoms with van der Waals surface area (Å²) in [6, 6.07) is 1.43. The van der Waals surface area contributed by atoms with Crippen molar-refractivity contribution >= 4 is 0 Å². The highest BCUT2D eigenvalue weighted by Gasteiger charge is 2.40. The van der Waals surface area contributed by atoms with Gasteiger partial charge in [-0.05, 0) is 0 Å². The minimum Gasteiger partial charge on any atom is -0.367 e. The van der Waals surface area contributed by atoms with Crippen molar-refractivity contribution in [2.24, 2.45) is 0 Å². The number of halogens is 4. The van der Waals surface area contributed by atoms with Gasteiger partial charge in [-0.2, -0.15) is 8.78 Å². The van der Waals surface area contributed by atoms with Gasteiger partial charge in [0.2, 0.25) is 0 Å². The smallest absolute Gasteiger partial charge is 0.330 e. The lowest BCUT2D eigenvalue weighted by molar-refractivity contribution is -0.168. The van der Waals surface area contributed by atoms with Gasteiger partial charge < -0.3 is 15.0 Å². The third-order valence-corrected chi connectivity index (χ3v) is 2.39. The second-order valence-electron chi connectivity index (χ2n) is 4.77. The van der Waals surface area contributed by atoms with Crippen LogP contribution < -0.4 is 10.9 Å². The lowest BCUT2D eigenvalue weighted by Crippen LogP contribution is -2.32. The van der Waals surface area contributed by atoms with Crippen LogP contribution >= 0.6 is 0 Å². The summed E-state index contributed by atoms with van der Waals surface area (Å²) in [5.74, 6) is -4.22. The number of alkyl halides is 4. The number of ether oxygens (including phenoxy) is 1. The van der Waals surface area contributed by atoms with Crippen LogP contribution in [0, 0.1) is 0 Å². The first-order valence-corrected chi connectivity index (χ1v) is 6.27. The maximum Gasteiger partial charge on any atom is 0.330 e. The van der Waals surface area contributed by atoms with Crippen molar-refractivity contribution in [3.05, 3.63) is 27.9 Å². The van der Waals surface area contributed by atoms with Crippen molar-refractivity contribution < 1.29 is 22.3 Å². The van der Waals surface area contributed by atoms with Gasteiger partial charge in [-0.1, -0.05) is 13.8 Å². The molecule has 0 aliphatic heterocycles. The summed E-state index contributed by atoms with van der Waals surface area (Å²) >= 11 is 0. The molecule has 0 unspecified atom stereocenters. The quantitative estimate of drug-likeness (QED) is 0.717. The van der Waals surface area contributed by atoms with E-state index in [4.69, 9.17) is 0 Å². The number of hydrogen-bond acceptors (Lipinski definition) is 4. The maximum absolute atomic E-state index is 12.6. The summed E-state index contributed by atoms with van der Waals surface area (Å²) < 4.78 is 53.6. The van der Waals surface area contributed by atoms with Gasteiger partial charge in [-0.15, -0.1) is 0 Å². The average Bonchev–Trinajstić information content (AvgIpc) is 2.35. The Balaban J connectivity index is 2.61. The minimum absolute atomic E-state index is 0.00752. The molecular formula is C12H17F4N3O2. The highest BCUT2D eigenvalue weighted by atomic mass is 19.3. The van der Waals surface area contributed by atoms with Crippen LogP contribution in [-0.4, -0.2) is 35.0 Å². The van der Waals surface area contributed by atoms with E-state index >= 15 is 0 Å². The number of aromatic nitrogens is 2. The predicted molar refractivity (Wildman–Crippen MR) is 67.4 cm³/mol. The first-order chi connectivity index (χ1) is 9.70. The summed E-state index contributed by atoms with van der Waals surface area (Å²) in [6.07, 6.45) is -3.80. The van der Waals surface area contributed by atoms with Crippen LogP contribution in [0.1, 0.15) is 25.4 Å². The highest BCUT2D eigenvalue weighted by molar-refractivity contribution is 5.02. The zero-order valence-corrected chi connectivity index (χ0v) is 11.6. The molecule has 0 spiro atoms. The molecule has 0 atom stereocenters. The summed E-state index contributed by atoms with van der Waals surface area (Å²) in [4.78, 5) is 17.7. The molecular weight excluding hydrogens is 294 g/mol. The average molecular weight is 311 g/mol. The fourth-order valence-corrected chi connectivity index (χ4v) is 1.38. The second-order valence-corrected chi connectivity index (χ2v) is 4.77. The number of nitrogens with zero attached hydrogens (tertiary/aromatic N) is 1. The van der Waals surface area contributed by atoms with Gasteiger partial charge in [0.1, 0.15) is 19.0 Å². The Labute approximate surface area is 118 Å². The van der Waals surface area contributed by atoms with Crippen LogP contribution in [0.15, 0.2) is 10.9 Å². The van der Waals surface area contributed by atoms with Crippen molar-refractivity contribution in [2.45, 2.75) is 45.4 Å². The Morgan fingerprint density at radius 3 is 2.67 bits per heavy atom. The first kappa shape index (κ1) is 17.6. The second kappa shape index (κ2) is 7.51. The maximum atomic E-state index is 12.6. The Kier molecular flexibility index (Phi) is 6.28. The van der Waals surface area contributed by atoms with Crippen molar-refractivity contribution in [3.63, 3.8) is 0 Å². The fraction of sp³-hybridized carbons (Fsp3) is 0.667. The van der Waals surface area contributed by atoms with E-state index in [9.17, 15) is 22.4 Å². The van der Waals surface area contributed by atoms with Gasteiger partial charge in [-0.3, -0.25) is 4.79 Å². The van der Waals surface area contributed by atoms with Gasteiger partial charge in [0, 0.05) is 18.7 Å². The molecule has 0 amide bonds. The monoisotopic (exact) mass is 311 g/mol. The Bertz CT molecular complexity index is 506. The van der Waals surface area contributed by atoms with Crippen molar-refractivity contribution in [1.82, 2.24) is 15.3 Å². The van der Waals surface area contributed by atoms with E-state index in [1.807, 2.05) is 13.8 Å². The molecule has 0 aliphatic rings. The van der Waals surface area contributed by atoms with Crippen LogP contribution in [0.3, 0.4) is 0 Å². The molecule has 0 saturated heterocycles. The third-order valence-electron chi connectivity index (χ3n) is 2.39. The Morgan fingerprint density at radius 2 is 2.10 bits per heavy atom. The molecule has 1 rings (SSSR count). The molecule has 120 valence electrons. The number of H-pyrrole nitrogens is 1. The standard InChI is InChI=1S/C12H17F4N3O2/c1-7(2)17-4-8-3-10(20)19-9(18-8)5-21-6-12(15,16)11(13)14/h3,7,11,17H,4-6H2,1-2H3,(H,18,19,20). The van der Waals surface area contributed by atoms with Crippen molar-refractivity contribution in [3.8, 4) is 0 Å². The van der Waals surface area contributed by atoms with Gasteiger partial charge in [0.25, 0.3) is 5.56 Å². The van der Waals surface area contributed by atoms with E-state index in [0.717, 1.165) is 0 Å². The van der Waals surface area contributed by atoms with Gasteiger partial charge in [-0.25, -0.2) is 13.8 Å². The minimum atomic E-state index is -4.23. The number of aromatic amines is 1. The SMILES string of the molecule is CC(C)NCc1cc(=O)[nH]c(COCC(F)(F)C(F)F)n1.